The molecule has 0 aliphatic carbocycles. The number of nitrogens with one attached hydrogen (secondary N) is 1. The molecule has 4 aromatic rings. The summed E-state index contributed by atoms with van der Waals surface area (Å²) < 4.78 is 0. The van der Waals surface area contributed by atoms with Crippen LogP contribution in [0.2, 0.25) is 0 Å². The highest BCUT2D eigenvalue weighted by molar-refractivity contribution is 6.14. The van der Waals surface area contributed by atoms with E-state index in [1.165, 1.54) is 6.21 Å². The third kappa shape index (κ3) is 4.01. The Hall–Kier alpha value is -4.75. The van der Waals surface area contributed by atoms with E-state index in [0.29, 0.717) is 0 Å². The van der Waals surface area contributed by atoms with Gasteiger partial charge < -0.3 is 5.41 Å². The van der Waals surface area contributed by atoms with Gasteiger partial charge in [0.1, 0.15) is 0 Å². The van der Waals surface area contributed by atoms with Crippen LogP contribution in [0.25, 0.3) is 62.9 Å². The number of rotatable bonds is 9. The molecule has 0 saturated heterocycles. The standard InChI is InChI=1S/C35H29N/c1-6-16-25(23-36)30-21-22-33(27(8-3)26(30)7-2)35-29(10-5)28(9-4)34(24-17-12-11-13-18-24)31-19-14-15-20-32(31)35/h6-23,36H,1-5H2/b25-16+,36-23?. The van der Waals surface area contributed by atoms with Gasteiger partial charge in [0, 0.05) is 6.21 Å². The summed E-state index contributed by atoms with van der Waals surface area (Å²) in [5, 5.41) is 10.2. The Morgan fingerprint density at radius 2 is 1.14 bits per heavy atom. The number of benzene rings is 4. The van der Waals surface area contributed by atoms with E-state index in [9.17, 15) is 0 Å². The Morgan fingerprint density at radius 3 is 1.69 bits per heavy atom. The molecule has 4 rings (SSSR count). The van der Waals surface area contributed by atoms with E-state index < -0.39 is 0 Å². The summed E-state index contributed by atoms with van der Waals surface area (Å²) >= 11 is 0. The zero-order valence-corrected chi connectivity index (χ0v) is 20.4. The fraction of sp³-hybridized carbons (Fsp3) is 0. The quantitative estimate of drug-likeness (QED) is 0.189. The molecular weight excluding hydrogens is 434 g/mol. The number of hydrogen-bond acceptors (Lipinski definition) is 1. The number of fused-ring (bicyclic) bond motifs is 1. The molecule has 1 N–H and O–H groups in total. The summed E-state index contributed by atoms with van der Waals surface area (Å²) in [5.41, 5.74) is 9.97. The number of hydrogen-bond donors (Lipinski definition) is 1. The zero-order valence-electron chi connectivity index (χ0n) is 20.4. The molecule has 36 heavy (non-hydrogen) atoms. The van der Waals surface area contributed by atoms with Gasteiger partial charge >= 0.3 is 0 Å². The lowest BCUT2D eigenvalue weighted by atomic mass is 9.80. The zero-order chi connectivity index (χ0) is 25.7. The van der Waals surface area contributed by atoms with Crippen molar-refractivity contribution in [1.82, 2.24) is 0 Å². The smallest absolute Gasteiger partial charge is 0.0256 e. The monoisotopic (exact) mass is 463 g/mol. The van der Waals surface area contributed by atoms with Crippen molar-refractivity contribution < 1.29 is 0 Å². The van der Waals surface area contributed by atoms with Gasteiger partial charge in [0.05, 0.1) is 0 Å². The molecule has 0 fully saturated rings. The van der Waals surface area contributed by atoms with Crippen LogP contribution >= 0.6 is 0 Å². The Morgan fingerprint density at radius 1 is 0.583 bits per heavy atom. The van der Waals surface area contributed by atoms with Crippen molar-refractivity contribution in [2.24, 2.45) is 0 Å². The molecule has 0 aliphatic rings. The topological polar surface area (TPSA) is 23.9 Å². The summed E-state index contributed by atoms with van der Waals surface area (Å²) in [4.78, 5) is 0. The Bertz CT molecular complexity index is 1560. The van der Waals surface area contributed by atoms with Crippen molar-refractivity contribution in [3.05, 3.63) is 140 Å². The van der Waals surface area contributed by atoms with E-state index in [1.54, 1.807) is 6.08 Å². The molecule has 0 atom stereocenters. The first-order valence-corrected chi connectivity index (χ1v) is 11.8. The second-order valence-electron chi connectivity index (χ2n) is 8.30. The summed E-state index contributed by atoms with van der Waals surface area (Å²) in [6, 6.07) is 23.0. The van der Waals surface area contributed by atoms with Gasteiger partial charge in [0.2, 0.25) is 0 Å². The van der Waals surface area contributed by atoms with Gasteiger partial charge in [-0.1, -0.05) is 136 Å². The molecule has 0 saturated carbocycles. The highest BCUT2D eigenvalue weighted by Crippen LogP contribution is 2.45. The molecule has 0 heterocycles. The average molecular weight is 464 g/mol. The van der Waals surface area contributed by atoms with Crippen molar-refractivity contribution in [2.75, 3.05) is 0 Å². The van der Waals surface area contributed by atoms with Crippen LogP contribution in [0.15, 0.2) is 112 Å². The van der Waals surface area contributed by atoms with Crippen LogP contribution in [0, 0.1) is 5.41 Å². The predicted molar refractivity (Wildman–Crippen MR) is 162 cm³/mol. The minimum Gasteiger partial charge on any atom is -0.308 e. The number of allylic oxidation sites excluding steroid dienone is 3. The molecule has 0 unspecified atom stereocenters. The third-order valence-electron chi connectivity index (χ3n) is 6.49. The second kappa shape index (κ2) is 10.7. The van der Waals surface area contributed by atoms with Crippen molar-refractivity contribution in [2.45, 2.75) is 0 Å². The van der Waals surface area contributed by atoms with E-state index in [4.69, 9.17) is 5.41 Å². The molecule has 4 aromatic carbocycles. The van der Waals surface area contributed by atoms with E-state index >= 15 is 0 Å². The van der Waals surface area contributed by atoms with Gasteiger partial charge in [-0.05, 0) is 66.4 Å². The summed E-state index contributed by atoms with van der Waals surface area (Å²) in [6.45, 7) is 20.4. The first kappa shape index (κ1) is 24.4. The lowest BCUT2D eigenvalue weighted by Crippen LogP contribution is -2.00. The van der Waals surface area contributed by atoms with Crippen LogP contribution in [0.4, 0.5) is 0 Å². The lowest BCUT2D eigenvalue weighted by molar-refractivity contribution is 1.51. The van der Waals surface area contributed by atoms with Crippen molar-refractivity contribution in [3.8, 4) is 22.3 Å². The molecular formula is C35H29N. The molecule has 1 nitrogen and oxygen atoms in total. The minimum atomic E-state index is 0.759. The van der Waals surface area contributed by atoms with Crippen molar-refractivity contribution in [3.63, 3.8) is 0 Å². The fourth-order valence-electron chi connectivity index (χ4n) is 5.00. The molecule has 0 aliphatic heterocycles. The van der Waals surface area contributed by atoms with Crippen LogP contribution < -0.4 is 0 Å². The molecule has 0 spiro atoms. The van der Waals surface area contributed by atoms with Crippen LogP contribution in [-0.4, -0.2) is 6.21 Å². The predicted octanol–water partition coefficient (Wildman–Crippen LogP) is 9.96. The van der Waals surface area contributed by atoms with Crippen LogP contribution in [0.5, 0.6) is 0 Å². The SMILES string of the molecule is C=C/C=C(\C=N)c1ccc(-c2c(C=C)c(C=C)c(-c3ccccc3)c3ccccc23)c(C=C)c1C=C. The molecule has 0 radical (unpaired) electrons. The molecule has 0 amide bonds. The van der Waals surface area contributed by atoms with E-state index in [2.05, 4.69) is 87.5 Å². The van der Waals surface area contributed by atoms with Crippen LogP contribution in [0.1, 0.15) is 27.8 Å². The normalized spacial score (nSPS) is 11.1. The molecule has 1 heteroatoms. The van der Waals surface area contributed by atoms with E-state index in [0.717, 1.165) is 66.4 Å². The van der Waals surface area contributed by atoms with Gasteiger partial charge in [0.15, 0.2) is 0 Å². The highest BCUT2D eigenvalue weighted by Gasteiger charge is 2.21. The molecule has 174 valence electrons. The fourth-order valence-corrected chi connectivity index (χ4v) is 5.00. The van der Waals surface area contributed by atoms with Gasteiger partial charge in [-0.2, -0.15) is 0 Å². The van der Waals surface area contributed by atoms with Gasteiger partial charge in [-0.3, -0.25) is 0 Å². The summed E-state index contributed by atoms with van der Waals surface area (Å²) in [6.07, 6.45) is 12.4. The molecule has 0 aromatic heterocycles. The lowest BCUT2D eigenvalue weighted by Gasteiger charge is -2.22. The van der Waals surface area contributed by atoms with Crippen LogP contribution in [-0.2, 0) is 0 Å². The average Bonchev–Trinajstić information content (AvgIpc) is 2.94. The highest BCUT2D eigenvalue weighted by atomic mass is 14.3. The largest absolute Gasteiger partial charge is 0.308 e. The maximum atomic E-state index is 7.92. The van der Waals surface area contributed by atoms with Gasteiger partial charge in [-0.15, -0.1) is 0 Å². The molecule has 0 bridgehead atoms. The van der Waals surface area contributed by atoms with Crippen molar-refractivity contribution >= 4 is 46.9 Å². The first-order valence-electron chi connectivity index (χ1n) is 11.8. The van der Waals surface area contributed by atoms with Crippen molar-refractivity contribution in [1.29, 1.82) is 5.41 Å². The summed E-state index contributed by atoms with van der Waals surface area (Å²) in [5.74, 6) is 0. The maximum Gasteiger partial charge on any atom is 0.0256 e. The third-order valence-corrected chi connectivity index (χ3v) is 6.49. The second-order valence-corrected chi connectivity index (χ2v) is 8.30. The Labute approximate surface area is 214 Å². The Balaban J connectivity index is 2.20. The van der Waals surface area contributed by atoms with Gasteiger partial charge in [0.25, 0.3) is 0 Å². The van der Waals surface area contributed by atoms with E-state index in [1.807, 2.05) is 42.5 Å². The van der Waals surface area contributed by atoms with Crippen LogP contribution in [0.3, 0.4) is 0 Å². The maximum absolute atomic E-state index is 7.92. The first-order chi connectivity index (χ1) is 17.6. The minimum absolute atomic E-state index is 0.759. The summed E-state index contributed by atoms with van der Waals surface area (Å²) in [7, 11) is 0. The van der Waals surface area contributed by atoms with E-state index in [-0.39, 0.29) is 0 Å². The van der Waals surface area contributed by atoms with Gasteiger partial charge in [-0.25, -0.2) is 0 Å². The Kier molecular flexibility index (Phi) is 7.23.